The first kappa shape index (κ1) is 18.8. The van der Waals surface area contributed by atoms with Crippen LogP contribution in [0.5, 0.6) is 0 Å². The van der Waals surface area contributed by atoms with Crippen LogP contribution in [0.1, 0.15) is 31.2 Å². The van der Waals surface area contributed by atoms with Gasteiger partial charge < -0.3 is 19.9 Å². The van der Waals surface area contributed by atoms with Crippen molar-refractivity contribution in [2.75, 3.05) is 39.5 Å². The minimum absolute atomic E-state index is 0.231. The maximum Gasteiger partial charge on any atom is 0.0897 e. The fourth-order valence-corrected chi connectivity index (χ4v) is 3.61. The summed E-state index contributed by atoms with van der Waals surface area (Å²) >= 11 is 0. The topological polar surface area (TPSA) is 54.0 Å². The van der Waals surface area contributed by atoms with E-state index in [1.165, 1.54) is 5.56 Å². The van der Waals surface area contributed by atoms with Crippen molar-refractivity contribution in [3.05, 3.63) is 35.9 Å². The molecule has 2 aliphatic heterocycles. The Morgan fingerprint density at radius 1 is 1.20 bits per heavy atom. The predicted molar refractivity (Wildman–Crippen MR) is 98.5 cm³/mol. The quantitative estimate of drug-likeness (QED) is 0.713. The molecular weight excluding hydrogens is 316 g/mol. The van der Waals surface area contributed by atoms with Gasteiger partial charge in [-0.1, -0.05) is 30.3 Å². The van der Waals surface area contributed by atoms with Gasteiger partial charge in [-0.3, -0.25) is 4.90 Å². The second kappa shape index (κ2) is 10.2. The monoisotopic (exact) mass is 348 g/mol. The Morgan fingerprint density at radius 3 is 2.72 bits per heavy atom. The van der Waals surface area contributed by atoms with Gasteiger partial charge in [0.2, 0.25) is 0 Å². The smallest absolute Gasteiger partial charge is 0.0897 e. The summed E-state index contributed by atoms with van der Waals surface area (Å²) in [6.07, 6.45) is 4.27. The van der Waals surface area contributed by atoms with Gasteiger partial charge in [0.15, 0.2) is 0 Å². The van der Waals surface area contributed by atoms with Gasteiger partial charge in [-0.25, -0.2) is 0 Å². The van der Waals surface area contributed by atoms with E-state index in [4.69, 9.17) is 9.47 Å². The number of hydrogen-bond acceptors (Lipinski definition) is 5. The molecule has 0 aromatic heterocycles. The van der Waals surface area contributed by atoms with Crippen LogP contribution in [0.3, 0.4) is 0 Å². The first-order chi connectivity index (χ1) is 12.3. The van der Waals surface area contributed by atoms with Crippen LogP contribution in [0, 0.1) is 0 Å². The van der Waals surface area contributed by atoms with Crippen LogP contribution in [-0.4, -0.2) is 67.7 Å². The molecule has 2 aliphatic rings. The normalized spacial score (nSPS) is 23.8. The third kappa shape index (κ3) is 6.68. The second-order valence-corrected chi connectivity index (χ2v) is 7.27. The van der Waals surface area contributed by atoms with Crippen LogP contribution >= 0.6 is 0 Å². The maximum absolute atomic E-state index is 10.1. The Balaban J connectivity index is 1.24. The summed E-state index contributed by atoms with van der Waals surface area (Å²) < 4.78 is 11.1. The number of piperidine rings is 1. The van der Waals surface area contributed by atoms with Crippen LogP contribution in [0.4, 0.5) is 0 Å². The van der Waals surface area contributed by atoms with E-state index in [0.717, 1.165) is 51.9 Å². The van der Waals surface area contributed by atoms with Gasteiger partial charge in [-0.2, -0.15) is 0 Å². The average molecular weight is 348 g/mol. The molecule has 5 nitrogen and oxygen atoms in total. The highest BCUT2D eigenvalue weighted by Crippen LogP contribution is 2.14. The standard InChI is InChI=1S/C20H32N2O3/c23-19(15-24-16-20-7-4-12-25-20)13-21-18-8-10-22(11-9-18)14-17-5-2-1-3-6-17/h1-3,5-6,18-21,23H,4,7-16H2. The number of rotatable bonds is 9. The van der Waals surface area contributed by atoms with Crippen molar-refractivity contribution in [2.24, 2.45) is 0 Å². The number of aliphatic hydroxyl groups excluding tert-OH is 1. The Bertz CT molecular complexity index is 471. The summed E-state index contributed by atoms with van der Waals surface area (Å²) in [4.78, 5) is 2.51. The van der Waals surface area contributed by atoms with E-state index < -0.39 is 6.10 Å². The minimum atomic E-state index is -0.441. The summed E-state index contributed by atoms with van der Waals surface area (Å²) in [6, 6.07) is 11.2. The molecule has 2 heterocycles. The number of hydrogen-bond donors (Lipinski definition) is 2. The lowest BCUT2D eigenvalue weighted by molar-refractivity contribution is -0.0173. The largest absolute Gasteiger partial charge is 0.389 e. The first-order valence-electron chi connectivity index (χ1n) is 9.66. The van der Waals surface area contributed by atoms with E-state index in [9.17, 15) is 5.11 Å². The molecule has 2 fully saturated rings. The molecule has 1 aromatic rings. The highest BCUT2D eigenvalue weighted by Gasteiger charge is 2.20. The first-order valence-corrected chi connectivity index (χ1v) is 9.66. The molecule has 0 radical (unpaired) electrons. The summed E-state index contributed by atoms with van der Waals surface area (Å²) in [5, 5.41) is 13.6. The molecule has 2 N–H and O–H groups in total. The zero-order chi connectivity index (χ0) is 17.3. The van der Waals surface area contributed by atoms with Crippen molar-refractivity contribution < 1.29 is 14.6 Å². The molecule has 2 atom stereocenters. The predicted octanol–water partition coefficient (Wildman–Crippen LogP) is 1.80. The van der Waals surface area contributed by atoms with Crippen molar-refractivity contribution in [3.8, 4) is 0 Å². The van der Waals surface area contributed by atoms with Gasteiger partial charge >= 0.3 is 0 Å². The van der Waals surface area contributed by atoms with Gasteiger partial charge in [-0.15, -0.1) is 0 Å². The molecule has 25 heavy (non-hydrogen) atoms. The molecule has 2 saturated heterocycles. The van der Waals surface area contributed by atoms with E-state index in [0.29, 0.717) is 25.8 Å². The van der Waals surface area contributed by atoms with Gasteiger partial charge in [0.1, 0.15) is 0 Å². The number of nitrogens with zero attached hydrogens (tertiary/aromatic N) is 1. The molecule has 140 valence electrons. The van der Waals surface area contributed by atoms with Crippen molar-refractivity contribution in [2.45, 2.75) is 50.5 Å². The lowest BCUT2D eigenvalue weighted by Crippen LogP contribution is -2.45. The van der Waals surface area contributed by atoms with Crippen molar-refractivity contribution >= 4 is 0 Å². The van der Waals surface area contributed by atoms with Gasteiger partial charge in [0.05, 0.1) is 25.4 Å². The van der Waals surface area contributed by atoms with Gasteiger partial charge in [0.25, 0.3) is 0 Å². The summed E-state index contributed by atoms with van der Waals surface area (Å²) in [5.74, 6) is 0. The molecule has 0 spiro atoms. The highest BCUT2D eigenvalue weighted by atomic mass is 16.5. The maximum atomic E-state index is 10.1. The van der Waals surface area contributed by atoms with Crippen molar-refractivity contribution in [3.63, 3.8) is 0 Å². The molecule has 0 aliphatic carbocycles. The Kier molecular flexibility index (Phi) is 7.70. The van der Waals surface area contributed by atoms with Crippen LogP contribution in [0.25, 0.3) is 0 Å². The van der Waals surface area contributed by atoms with E-state index in [1.807, 2.05) is 0 Å². The fraction of sp³-hybridized carbons (Fsp3) is 0.700. The molecule has 0 bridgehead atoms. The molecule has 0 saturated carbocycles. The fourth-order valence-electron chi connectivity index (χ4n) is 3.61. The molecule has 5 heteroatoms. The summed E-state index contributed by atoms with van der Waals surface area (Å²) in [6.45, 7) is 5.70. The molecule has 0 amide bonds. The average Bonchev–Trinajstić information content (AvgIpc) is 3.15. The van der Waals surface area contributed by atoms with Crippen molar-refractivity contribution in [1.82, 2.24) is 10.2 Å². The third-order valence-corrected chi connectivity index (χ3v) is 5.12. The Morgan fingerprint density at radius 2 is 2.00 bits per heavy atom. The summed E-state index contributed by atoms with van der Waals surface area (Å²) in [7, 11) is 0. The van der Waals surface area contributed by atoms with E-state index >= 15 is 0 Å². The lowest BCUT2D eigenvalue weighted by Gasteiger charge is -2.33. The second-order valence-electron chi connectivity index (χ2n) is 7.27. The highest BCUT2D eigenvalue weighted by molar-refractivity contribution is 5.14. The van der Waals surface area contributed by atoms with Crippen LogP contribution in [0.15, 0.2) is 30.3 Å². The van der Waals surface area contributed by atoms with E-state index in [-0.39, 0.29) is 6.10 Å². The lowest BCUT2D eigenvalue weighted by atomic mass is 10.0. The SMILES string of the molecule is OC(CNC1CCN(Cc2ccccc2)CC1)COCC1CCCO1. The minimum Gasteiger partial charge on any atom is -0.389 e. The van der Waals surface area contributed by atoms with Crippen LogP contribution in [-0.2, 0) is 16.0 Å². The molecule has 3 rings (SSSR count). The van der Waals surface area contributed by atoms with Gasteiger partial charge in [0, 0.05) is 25.7 Å². The Hall–Kier alpha value is -0.980. The zero-order valence-corrected chi connectivity index (χ0v) is 15.1. The number of nitrogens with one attached hydrogen (secondary N) is 1. The van der Waals surface area contributed by atoms with E-state index in [1.54, 1.807) is 0 Å². The number of benzene rings is 1. The molecule has 1 aromatic carbocycles. The molecular formula is C20H32N2O3. The summed E-state index contributed by atoms with van der Waals surface area (Å²) in [5.41, 5.74) is 1.38. The zero-order valence-electron chi connectivity index (χ0n) is 15.1. The number of aliphatic hydroxyl groups is 1. The number of ether oxygens (including phenoxy) is 2. The van der Waals surface area contributed by atoms with Crippen LogP contribution in [0.2, 0.25) is 0 Å². The Labute approximate surface area is 151 Å². The number of likely N-dealkylation sites (tertiary alicyclic amines) is 1. The molecule has 2 unspecified atom stereocenters. The van der Waals surface area contributed by atoms with Crippen molar-refractivity contribution in [1.29, 1.82) is 0 Å². The van der Waals surface area contributed by atoms with Crippen LogP contribution < -0.4 is 5.32 Å². The van der Waals surface area contributed by atoms with Gasteiger partial charge in [-0.05, 0) is 44.3 Å². The van der Waals surface area contributed by atoms with E-state index in [2.05, 4.69) is 40.5 Å². The third-order valence-electron chi connectivity index (χ3n) is 5.12.